The van der Waals surface area contributed by atoms with Gasteiger partial charge in [-0.2, -0.15) is 5.10 Å². The molecule has 8 heteroatoms. The standard InChI is InChI=1S/C20H21ClN4O2S/c1-27-15-4-2-13(3-5-15)16-12-19(24-23-16)25-10-8-14(9-11-25)22-20(26)17-6-7-18(21)28-17/h2-7,12,14H,8-11H2,1H3,(H,22,26)(H,23,24). The van der Waals surface area contributed by atoms with Crippen molar-refractivity contribution in [3.63, 3.8) is 0 Å². The van der Waals surface area contributed by atoms with Crippen LogP contribution in [0.5, 0.6) is 5.75 Å². The Labute approximate surface area is 172 Å². The lowest BCUT2D eigenvalue weighted by Gasteiger charge is -2.32. The summed E-state index contributed by atoms with van der Waals surface area (Å²) in [5.74, 6) is 1.72. The van der Waals surface area contributed by atoms with Crippen LogP contribution >= 0.6 is 22.9 Å². The number of aromatic amines is 1. The highest BCUT2D eigenvalue weighted by atomic mass is 35.5. The summed E-state index contributed by atoms with van der Waals surface area (Å²) in [6.45, 7) is 1.70. The lowest BCUT2D eigenvalue weighted by atomic mass is 10.0. The molecule has 0 saturated carbocycles. The highest BCUT2D eigenvalue weighted by molar-refractivity contribution is 7.18. The van der Waals surface area contributed by atoms with Crippen LogP contribution < -0.4 is 15.0 Å². The van der Waals surface area contributed by atoms with Crippen LogP contribution in [0.3, 0.4) is 0 Å². The second kappa shape index (κ2) is 8.24. The van der Waals surface area contributed by atoms with Crippen molar-refractivity contribution in [1.29, 1.82) is 0 Å². The van der Waals surface area contributed by atoms with Gasteiger partial charge in [0.1, 0.15) is 5.75 Å². The van der Waals surface area contributed by atoms with Gasteiger partial charge in [0, 0.05) is 25.2 Å². The number of benzene rings is 1. The van der Waals surface area contributed by atoms with Crippen LogP contribution in [0.25, 0.3) is 11.3 Å². The van der Waals surface area contributed by atoms with E-state index < -0.39 is 0 Å². The molecule has 2 N–H and O–H groups in total. The molecule has 0 radical (unpaired) electrons. The Kier molecular flexibility index (Phi) is 5.54. The summed E-state index contributed by atoms with van der Waals surface area (Å²) in [4.78, 5) is 15.2. The van der Waals surface area contributed by atoms with Gasteiger partial charge < -0.3 is 15.0 Å². The van der Waals surface area contributed by atoms with Crippen LogP contribution in [0.1, 0.15) is 22.5 Å². The van der Waals surface area contributed by atoms with Crippen molar-refractivity contribution in [3.8, 4) is 17.0 Å². The molecule has 1 aliphatic rings. The number of carbonyl (C=O) groups excluding carboxylic acids is 1. The number of carbonyl (C=O) groups is 1. The molecule has 1 fully saturated rings. The van der Waals surface area contributed by atoms with E-state index in [1.54, 1.807) is 19.2 Å². The number of rotatable bonds is 5. The number of H-pyrrole nitrogens is 1. The maximum absolute atomic E-state index is 12.3. The maximum Gasteiger partial charge on any atom is 0.261 e. The van der Waals surface area contributed by atoms with E-state index in [9.17, 15) is 4.79 Å². The number of nitrogens with zero attached hydrogens (tertiary/aromatic N) is 2. The zero-order valence-corrected chi connectivity index (χ0v) is 17.0. The topological polar surface area (TPSA) is 70.2 Å². The summed E-state index contributed by atoms with van der Waals surface area (Å²) in [6, 6.07) is 13.6. The number of anilines is 1. The Hall–Kier alpha value is -2.51. The zero-order chi connectivity index (χ0) is 19.5. The minimum atomic E-state index is -0.0445. The van der Waals surface area contributed by atoms with E-state index in [0.29, 0.717) is 9.21 Å². The van der Waals surface area contributed by atoms with Gasteiger partial charge in [-0.1, -0.05) is 11.6 Å². The molecular weight excluding hydrogens is 396 g/mol. The maximum atomic E-state index is 12.3. The molecule has 0 spiro atoms. The zero-order valence-electron chi connectivity index (χ0n) is 15.4. The molecule has 0 aliphatic carbocycles. The number of nitrogens with one attached hydrogen (secondary N) is 2. The summed E-state index contributed by atoms with van der Waals surface area (Å²) in [5, 5.41) is 10.7. The molecule has 3 heterocycles. The SMILES string of the molecule is COc1ccc(-c2cc(N3CCC(NC(=O)c4ccc(Cl)s4)CC3)n[nH]2)cc1. The normalized spacial score (nSPS) is 14.9. The fourth-order valence-electron chi connectivity index (χ4n) is 3.34. The molecule has 4 rings (SSSR count). The first-order chi connectivity index (χ1) is 13.6. The first-order valence-corrected chi connectivity index (χ1v) is 10.3. The Morgan fingerprint density at radius 3 is 2.64 bits per heavy atom. The third-order valence-electron chi connectivity index (χ3n) is 4.92. The molecule has 2 aromatic heterocycles. The fraction of sp³-hybridized carbons (Fsp3) is 0.300. The van der Waals surface area contributed by atoms with E-state index in [2.05, 4.69) is 26.5 Å². The lowest BCUT2D eigenvalue weighted by Crippen LogP contribution is -2.44. The number of ether oxygens (including phenoxy) is 1. The van der Waals surface area contributed by atoms with E-state index in [1.807, 2.05) is 24.3 Å². The van der Waals surface area contributed by atoms with Gasteiger partial charge in [0.25, 0.3) is 5.91 Å². The summed E-state index contributed by atoms with van der Waals surface area (Å²) in [7, 11) is 1.66. The third-order valence-corrected chi connectivity index (χ3v) is 6.15. The molecule has 0 unspecified atom stereocenters. The third kappa shape index (κ3) is 4.15. The van der Waals surface area contributed by atoms with Gasteiger partial charge >= 0.3 is 0 Å². The van der Waals surface area contributed by atoms with Gasteiger partial charge in [0.2, 0.25) is 0 Å². The van der Waals surface area contributed by atoms with Gasteiger partial charge in [-0.25, -0.2) is 0 Å². The minimum Gasteiger partial charge on any atom is -0.497 e. The summed E-state index contributed by atoms with van der Waals surface area (Å²) in [6.07, 6.45) is 1.77. The molecule has 1 aliphatic heterocycles. The van der Waals surface area contributed by atoms with Crippen molar-refractivity contribution in [3.05, 3.63) is 51.7 Å². The van der Waals surface area contributed by atoms with Gasteiger partial charge in [-0.05, 0) is 54.8 Å². The summed E-state index contributed by atoms with van der Waals surface area (Å²) in [5.41, 5.74) is 2.04. The first kappa shape index (κ1) is 18.8. The molecule has 0 atom stereocenters. The monoisotopic (exact) mass is 416 g/mol. The Morgan fingerprint density at radius 2 is 2.00 bits per heavy atom. The molecule has 6 nitrogen and oxygen atoms in total. The number of hydrogen-bond donors (Lipinski definition) is 2. The average Bonchev–Trinajstić information content (AvgIpc) is 3.38. The molecule has 28 heavy (non-hydrogen) atoms. The van der Waals surface area contributed by atoms with Crippen molar-refractivity contribution in [1.82, 2.24) is 15.5 Å². The molecule has 3 aromatic rings. The highest BCUT2D eigenvalue weighted by Crippen LogP contribution is 2.26. The van der Waals surface area contributed by atoms with E-state index >= 15 is 0 Å². The number of hydrogen-bond acceptors (Lipinski definition) is 5. The number of piperidine rings is 1. The van der Waals surface area contributed by atoms with Crippen LogP contribution in [-0.4, -0.2) is 42.3 Å². The van der Waals surface area contributed by atoms with Crippen molar-refractivity contribution in [2.24, 2.45) is 0 Å². The van der Waals surface area contributed by atoms with Gasteiger partial charge in [0.05, 0.1) is 22.0 Å². The molecule has 1 saturated heterocycles. The van der Waals surface area contributed by atoms with E-state index in [0.717, 1.165) is 48.8 Å². The number of amides is 1. The van der Waals surface area contributed by atoms with Crippen LogP contribution in [0.15, 0.2) is 42.5 Å². The lowest BCUT2D eigenvalue weighted by molar-refractivity contribution is 0.0935. The number of aromatic nitrogens is 2. The number of halogens is 1. The summed E-state index contributed by atoms with van der Waals surface area (Å²) >= 11 is 7.22. The average molecular weight is 417 g/mol. The second-order valence-electron chi connectivity index (χ2n) is 6.71. The second-order valence-corrected chi connectivity index (χ2v) is 8.42. The van der Waals surface area contributed by atoms with E-state index in [4.69, 9.17) is 16.3 Å². The molecule has 1 aromatic carbocycles. The Morgan fingerprint density at radius 1 is 1.25 bits per heavy atom. The molecular formula is C20H21ClN4O2S. The Balaban J connectivity index is 1.33. The predicted octanol–water partition coefficient (Wildman–Crippen LogP) is 4.20. The van der Waals surface area contributed by atoms with Crippen LogP contribution in [0.4, 0.5) is 5.82 Å². The molecule has 1 amide bonds. The van der Waals surface area contributed by atoms with Crippen molar-refractivity contribution in [2.45, 2.75) is 18.9 Å². The van der Waals surface area contributed by atoms with Gasteiger partial charge in [-0.3, -0.25) is 9.89 Å². The largest absolute Gasteiger partial charge is 0.497 e. The molecule has 0 bridgehead atoms. The van der Waals surface area contributed by atoms with Crippen molar-refractivity contribution in [2.75, 3.05) is 25.1 Å². The minimum absolute atomic E-state index is 0.0445. The first-order valence-electron chi connectivity index (χ1n) is 9.13. The van der Waals surface area contributed by atoms with Crippen LogP contribution in [-0.2, 0) is 0 Å². The van der Waals surface area contributed by atoms with E-state index in [1.165, 1.54) is 11.3 Å². The highest BCUT2D eigenvalue weighted by Gasteiger charge is 2.23. The van der Waals surface area contributed by atoms with E-state index in [-0.39, 0.29) is 11.9 Å². The van der Waals surface area contributed by atoms with Crippen LogP contribution in [0.2, 0.25) is 4.34 Å². The smallest absolute Gasteiger partial charge is 0.261 e. The fourth-order valence-corrected chi connectivity index (χ4v) is 4.28. The van der Waals surface area contributed by atoms with Gasteiger partial charge in [0.15, 0.2) is 5.82 Å². The summed E-state index contributed by atoms with van der Waals surface area (Å²) < 4.78 is 5.83. The number of thiophene rings is 1. The quantitative estimate of drug-likeness (QED) is 0.654. The van der Waals surface area contributed by atoms with Crippen LogP contribution in [0, 0.1) is 0 Å². The Bertz CT molecular complexity index is 945. The van der Waals surface area contributed by atoms with Gasteiger partial charge in [-0.15, -0.1) is 11.3 Å². The van der Waals surface area contributed by atoms with Crippen molar-refractivity contribution >= 4 is 34.7 Å². The predicted molar refractivity (Wildman–Crippen MR) is 113 cm³/mol. The number of methoxy groups -OCH3 is 1. The van der Waals surface area contributed by atoms with Crippen molar-refractivity contribution < 1.29 is 9.53 Å². The molecule has 146 valence electrons.